The van der Waals surface area contributed by atoms with Crippen LogP contribution in [0.4, 0.5) is 14.5 Å². The molecule has 0 aliphatic heterocycles. The van der Waals surface area contributed by atoms with E-state index in [4.69, 9.17) is 0 Å². The van der Waals surface area contributed by atoms with E-state index < -0.39 is 11.3 Å². The van der Waals surface area contributed by atoms with Gasteiger partial charge in [0.15, 0.2) is 11.5 Å². The van der Waals surface area contributed by atoms with Crippen molar-refractivity contribution in [1.29, 1.82) is 0 Å². The molecule has 0 amide bonds. The predicted octanol–water partition coefficient (Wildman–Crippen LogP) is 6.07. The van der Waals surface area contributed by atoms with E-state index in [0.29, 0.717) is 31.6 Å². The van der Waals surface area contributed by atoms with E-state index in [2.05, 4.69) is 20.1 Å². The van der Waals surface area contributed by atoms with Crippen LogP contribution in [0.5, 0.6) is 0 Å². The molecule has 6 rings (SSSR count). The first-order valence-corrected chi connectivity index (χ1v) is 10.9. The van der Waals surface area contributed by atoms with E-state index in [-0.39, 0.29) is 22.8 Å². The number of pyridine rings is 1. The number of hydrogen-bond acceptors (Lipinski definition) is 7. The number of hydrogen-bond donors (Lipinski definition) is 0. The number of thiophene rings is 1. The highest BCUT2D eigenvalue weighted by molar-refractivity contribution is 7.26. The molecule has 2 aromatic carbocycles. The zero-order valence-corrected chi connectivity index (χ0v) is 17.9. The summed E-state index contributed by atoms with van der Waals surface area (Å²) in [4.78, 5) is 24.7. The third kappa shape index (κ3) is 3.09. The Hall–Kier alpha value is -4.38. The lowest BCUT2D eigenvalue weighted by Gasteiger charge is -2.07. The minimum absolute atomic E-state index is 0.117. The topological polar surface area (TPSA) is 99.1 Å². The Kier molecular flexibility index (Phi) is 4.52. The zero-order chi connectivity index (χ0) is 23.4. The summed E-state index contributed by atoms with van der Waals surface area (Å²) in [7, 11) is 0. The Bertz CT molecular complexity index is 1730. The van der Waals surface area contributed by atoms with Gasteiger partial charge in [0, 0.05) is 11.5 Å². The van der Waals surface area contributed by atoms with Crippen molar-refractivity contribution < 1.29 is 13.7 Å². The molecule has 0 aliphatic carbocycles. The third-order valence-corrected chi connectivity index (χ3v) is 6.51. The molecule has 0 spiro atoms. The highest BCUT2D eigenvalue weighted by Gasteiger charge is 2.23. The maximum absolute atomic E-state index is 13.6. The summed E-state index contributed by atoms with van der Waals surface area (Å²) in [6.45, 7) is 0. The molecule has 0 saturated carbocycles. The summed E-state index contributed by atoms with van der Waals surface area (Å²) in [6.07, 6.45) is -1.27. The van der Waals surface area contributed by atoms with Crippen LogP contribution < -0.4 is 0 Å². The third-order valence-electron chi connectivity index (χ3n) is 5.44. The molecule has 0 saturated heterocycles. The van der Waals surface area contributed by atoms with Crippen LogP contribution in [0.2, 0.25) is 0 Å². The van der Waals surface area contributed by atoms with Gasteiger partial charge >= 0.3 is 0 Å². The fourth-order valence-electron chi connectivity index (χ4n) is 3.94. The monoisotopic (exact) mass is 474 g/mol. The van der Waals surface area contributed by atoms with Gasteiger partial charge < -0.3 is 0 Å². The second-order valence-corrected chi connectivity index (χ2v) is 8.44. The van der Waals surface area contributed by atoms with Crippen LogP contribution in [0.15, 0.2) is 67.0 Å². The molecule has 166 valence electrons. The molecule has 0 fully saturated rings. The summed E-state index contributed by atoms with van der Waals surface area (Å²) in [5, 5.41) is 16.5. The van der Waals surface area contributed by atoms with Gasteiger partial charge in [-0.05, 0) is 23.3 Å². The van der Waals surface area contributed by atoms with Crippen molar-refractivity contribution in [3.63, 3.8) is 0 Å². The van der Waals surface area contributed by atoms with Gasteiger partial charge in [-0.2, -0.15) is 0 Å². The molecule has 8 nitrogen and oxygen atoms in total. The van der Waals surface area contributed by atoms with Crippen LogP contribution in [0, 0.1) is 10.1 Å². The van der Waals surface area contributed by atoms with E-state index in [1.807, 2.05) is 30.3 Å². The molecule has 0 N–H and O–H groups in total. The lowest BCUT2D eigenvalue weighted by Crippen LogP contribution is -1.93. The van der Waals surface area contributed by atoms with E-state index in [9.17, 15) is 18.9 Å². The molecule has 11 heteroatoms. The Balaban J connectivity index is 1.66. The molecule has 6 aromatic rings. The molecular formula is C23H12F2N6O2S. The maximum atomic E-state index is 13.6. The Morgan fingerprint density at radius 3 is 2.53 bits per heavy atom. The van der Waals surface area contributed by atoms with E-state index in [0.717, 1.165) is 5.56 Å². The van der Waals surface area contributed by atoms with Crippen LogP contribution in [0.25, 0.3) is 48.6 Å². The van der Waals surface area contributed by atoms with Gasteiger partial charge in [0.05, 0.1) is 16.0 Å². The maximum Gasteiger partial charge on any atom is 0.280 e. The fraction of sp³-hybridized carbons (Fsp3) is 0.0435. The van der Waals surface area contributed by atoms with Gasteiger partial charge in [0.1, 0.15) is 21.6 Å². The number of benzene rings is 2. The Morgan fingerprint density at radius 1 is 1.00 bits per heavy atom. The number of para-hydroxylation sites is 1. The molecule has 0 atom stereocenters. The first-order chi connectivity index (χ1) is 16.5. The van der Waals surface area contributed by atoms with Crippen molar-refractivity contribution in [2.24, 2.45) is 0 Å². The van der Waals surface area contributed by atoms with Crippen molar-refractivity contribution in [3.05, 3.63) is 82.8 Å². The number of rotatable bonds is 4. The van der Waals surface area contributed by atoms with Crippen molar-refractivity contribution in [1.82, 2.24) is 24.6 Å². The largest absolute Gasteiger partial charge is 0.280 e. The first kappa shape index (κ1) is 20.2. The standard InChI is InChI=1S/C23H12F2N6O2S/c24-20(25)15-10-14(12-6-2-1-3-7-12)17-18-19(34-23(17)27-15)22-28-21(29-30(22)11-26-18)13-8-4-5-9-16(13)31(32)33/h1-11,20H. The first-order valence-electron chi connectivity index (χ1n) is 10.1. The van der Waals surface area contributed by atoms with E-state index in [1.54, 1.807) is 18.2 Å². The van der Waals surface area contributed by atoms with Crippen LogP contribution >= 0.6 is 11.3 Å². The van der Waals surface area contributed by atoms with E-state index >= 15 is 0 Å². The Labute approximate surface area is 193 Å². The van der Waals surface area contributed by atoms with E-state index in [1.165, 1.54) is 34.3 Å². The molecule has 4 heterocycles. The summed E-state index contributed by atoms with van der Waals surface area (Å²) in [6, 6.07) is 16.8. The second kappa shape index (κ2) is 7.59. The average Bonchev–Trinajstić information content (AvgIpc) is 3.45. The fourth-order valence-corrected chi connectivity index (χ4v) is 5.08. The van der Waals surface area contributed by atoms with Crippen LogP contribution in [0.3, 0.4) is 0 Å². The molecule has 0 bridgehead atoms. The SMILES string of the molecule is O=[N+]([O-])c1ccccc1-c1nc2c3sc4nc(C(F)F)cc(-c5ccccc5)c4c3ncn2n1. The van der Waals surface area contributed by atoms with Crippen LogP contribution in [-0.4, -0.2) is 29.5 Å². The van der Waals surface area contributed by atoms with Gasteiger partial charge in [-0.15, -0.1) is 16.4 Å². The number of nitrogens with zero attached hydrogens (tertiary/aromatic N) is 6. The molecule has 0 aliphatic rings. The van der Waals surface area contributed by atoms with Crippen molar-refractivity contribution >= 4 is 43.1 Å². The van der Waals surface area contributed by atoms with Crippen LogP contribution in [0.1, 0.15) is 12.1 Å². The smallest absolute Gasteiger partial charge is 0.258 e. The highest BCUT2D eigenvalue weighted by atomic mass is 32.1. The minimum Gasteiger partial charge on any atom is -0.258 e. The van der Waals surface area contributed by atoms with Crippen molar-refractivity contribution in [2.75, 3.05) is 0 Å². The Morgan fingerprint density at radius 2 is 1.76 bits per heavy atom. The number of halogens is 2. The van der Waals surface area contributed by atoms with Gasteiger partial charge in [-0.25, -0.2) is 28.2 Å². The zero-order valence-electron chi connectivity index (χ0n) is 17.1. The molecule has 34 heavy (non-hydrogen) atoms. The number of nitro groups is 1. The van der Waals surface area contributed by atoms with Crippen molar-refractivity contribution in [3.8, 4) is 22.5 Å². The highest BCUT2D eigenvalue weighted by Crippen LogP contribution is 2.41. The summed E-state index contributed by atoms with van der Waals surface area (Å²) in [5.41, 5.74) is 2.17. The normalized spacial score (nSPS) is 11.7. The molecule has 0 unspecified atom stereocenters. The number of nitro benzene ring substituents is 1. The number of fused-ring (bicyclic) bond motifs is 5. The average molecular weight is 474 g/mol. The predicted molar refractivity (Wildman–Crippen MR) is 124 cm³/mol. The lowest BCUT2D eigenvalue weighted by atomic mass is 10.0. The lowest BCUT2D eigenvalue weighted by molar-refractivity contribution is -0.384. The molecular weight excluding hydrogens is 462 g/mol. The number of alkyl halides is 2. The minimum atomic E-state index is -2.73. The second-order valence-electron chi connectivity index (χ2n) is 7.44. The molecule has 4 aromatic heterocycles. The van der Waals surface area contributed by atoms with Gasteiger partial charge in [0.2, 0.25) is 0 Å². The van der Waals surface area contributed by atoms with Gasteiger partial charge in [0.25, 0.3) is 12.1 Å². The van der Waals surface area contributed by atoms with Gasteiger partial charge in [-0.3, -0.25) is 10.1 Å². The summed E-state index contributed by atoms with van der Waals surface area (Å²) in [5.74, 6) is 0.170. The summed E-state index contributed by atoms with van der Waals surface area (Å²) < 4.78 is 29.3. The summed E-state index contributed by atoms with van der Waals surface area (Å²) >= 11 is 1.19. The van der Waals surface area contributed by atoms with Crippen LogP contribution in [-0.2, 0) is 0 Å². The quantitative estimate of drug-likeness (QED) is 0.227. The molecule has 0 radical (unpaired) electrons. The van der Waals surface area contributed by atoms with Crippen molar-refractivity contribution in [2.45, 2.75) is 6.43 Å². The number of aromatic nitrogens is 5. The van der Waals surface area contributed by atoms with Gasteiger partial charge in [-0.1, -0.05) is 42.5 Å².